The van der Waals surface area contributed by atoms with Gasteiger partial charge in [-0.05, 0) is 40.1 Å². The Labute approximate surface area is 179 Å². The summed E-state index contributed by atoms with van der Waals surface area (Å²) in [5.74, 6) is 1.66. The van der Waals surface area contributed by atoms with Crippen LogP contribution in [0.15, 0.2) is 65.3 Å². The molecular formula is C23H22N6O2. The Morgan fingerprint density at radius 1 is 1.00 bits per heavy atom. The molecular weight excluding hydrogens is 392 g/mol. The standard InChI is InChI=1S/C23H22N6O2/c30-23(19-9-6-18(7-10-19)14-29-16-24-26-27-29)28-13-12-21-20(15-28)25-22(31-21)11-8-17-4-2-1-3-5-17/h1-7,9-10,16H,8,11-15H2. The van der Waals surface area contributed by atoms with Crippen molar-refractivity contribution < 1.29 is 9.21 Å². The first kappa shape index (κ1) is 19.2. The van der Waals surface area contributed by atoms with Crippen LogP contribution >= 0.6 is 0 Å². The lowest BCUT2D eigenvalue weighted by molar-refractivity contribution is 0.0728. The number of benzene rings is 2. The van der Waals surface area contributed by atoms with E-state index in [1.807, 2.05) is 47.4 Å². The number of carbonyl (C=O) groups excluding carboxylic acids is 1. The van der Waals surface area contributed by atoms with Crippen LogP contribution in [-0.2, 0) is 32.4 Å². The van der Waals surface area contributed by atoms with Crippen molar-refractivity contribution in [3.63, 3.8) is 0 Å². The van der Waals surface area contributed by atoms with E-state index in [-0.39, 0.29) is 5.91 Å². The first-order valence-corrected chi connectivity index (χ1v) is 10.3. The predicted molar refractivity (Wildman–Crippen MR) is 112 cm³/mol. The molecule has 2 aromatic heterocycles. The Bertz CT molecular complexity index is 1150. The van der Waals surface area contributed by atoms with E-state index in [2.05, 4.69) is 32.6 Å². The third-order valence-corrected chi connectivity index (χ3v) is 5.47. The first-order chi connectivity index (χ1) is 15.2. The summed E-state index contributed by atoms with van der Waals surface area (Å²) in [5.41, 5.74) is 3.83. The first-order valence-electron chi connectivity index (χ1n) is 10.3. The van der Waals surface area contributed by atoms with Crippen LogP contribution in [0, 0.1) is 0 Å². The fourth-order valence-electron chi connectivity index (χ4n) is 3.80. The number of hydrogen-bond donors (Lipinski definition) is 0. The molecule has 8 nitrogen and oxygen atoms in total. The SMILES string of the molecule is O=C(c1ccc(Cn2cnnn2)cc1)N1CCc2oc(CCc3ccccc3)nc2C1. The Morgan fingerprint density at radius 3 is 2.61 bits per heavy atom. The summed E-state index contributed by atoms with van der Waals surface area (Å²) in [6.45, 7) is 1.68. The predicted octanol–water partition coefficient (Wildman–Crippen LogP) is 2.69. The summed E-state index contributed by atoms with van der Waals surface area (Å²) in [5, 5.41) is 11.1. The Balaban J connectivity index is 1.22. The molecule has 31 heavy (non-hydrogen) atoms. The Kier molecular flexibility index (Phi) is 5.26. The summed E-state index contributed by atoms with van der Waals surface area (Å²) >= 11 is 0. The van der Waals surface area contributed by atoms with Gasteiger partial charge in [0.1, 0.15) is 17.8 Å². The largest absolute Gasteiger partial charge is 0.445 e. The van der Waals surface area contributed by atoms with Crippen LogP contribution in [0.1, 0.15) is 38.8 Å². The molecule has 0 aliphatic carbocycles. The molecule has 1 aliphatic heterocycles. The van der Waals surface area contributed by atoms with Gasteiger partial charge >= 0.3 is 0 Å². The van der Waals surface area contributed by atoms with Crippen molar-refractivity contribution in [1.29, 1.82) is 0 Å². The molecule has 156 valence electrons. The van der Waals surface area contributed by atoms with Gasteiger partial charge < -0.3 is 9.32 Å². The van der Waals surface area contributed by atoms with Crippen molar-refractivity contribution in [2.24, 2.45) is 0 Å². The number of oxazole rings is 1. The minimum absolute atomic E-state index is 0.00783. The molecule has 0 N–H and O–H groups in total. The highest BCUT2D eigenvalue weighted by Gasteiger charge is 2.26. The lowest BCUT2D eigenvalue weighted by Crippen LogP contribution is -2.35. The molecule has 0 unspecified atom stereocenters. The van der Waals surface area contributed by atoms with Crippen LogP contribution in [0.25, 0.3) is 0 Å². The van der Waals surface area contributed by atoms with E-state index in [0.717, 1.165) is 35.7 Å². The van der Waals surface area contributed by atoms with Gasteiger partial charge in [0.25, 0.3) is 5.91 Å². The number of amides is 1. The van der Waals surface area contributed by atoms with Gasteiger partial charge in [0.05, 0.1) is 13.1 Å². The molecule has 3 heterocycles. The van der Waals surface area contributed by atoms with E-state index in [4.69, 9.17) is 4.42 Å². The molecule has 0 saturated carbocycles. The number of rotatable bonds is 6. The molecule has 0 fully saturated rings. The number of aromatic nitrogens is 5. The lowest BCUT2D eigenvalue weighted by Gasteiger charge is -2.25. The van der Waals surface area contributed by atoms with Crippen molar-refractivity contribution in [3.05, 3.63) is 95.0 Å². The molecule has 0 bridgehead atoms. The van der Waals surface area contributed by atoms with Crippen molar-refractivity contribution in [1.82, 2.24) is 30.1 Å². The molecule has 2 aromatic carbocycles. The van der Waals surface area contributed by atoms with E-state index in [1.165, 1.54) is 5.56 Å². The maximum absolute atomic E-state index is 13.0. The zero-order chi connectivity index (χ0) is 21.0. The molecule has 0 atom stereocenters. The molecule has 1 aliphatic rings. The van der Waals surface area contributed by atoms with Gasteiger partial charge in [-0.15, -0.1) is 5.10 Å². The van der Waals surface area contributed by atoms with E-state index in [0.29, 0.717) is 31.6 Å². The van der Waals surface area contributed by atoms with E-state index < -0.39 is 0 Å². The Hall–Kier alpha value is -3.81. The molecule has 8 heteroatoms. The highest BCUT2D eigenvalue weighted by atomic mass is 16.4. The number of hydrogen-bond acceptors (Lipinski definition) is 6. The summed E-state index contributed by atoms with van der Waals surface area (Å²) in [6, 6.07) is 17.9. The summed E-state index contributed by atoms with van der Waals surface area (Å²) in [6.07, 6.45) is 3.90. The second-order valence-electron chi connectivity index (χ2n) is 7.64. The smallest absolute Gasteiger partial charge is 0.254 e. The molecule has 0 saturated heterocycles. The number of carbonyl (C=O) groups is 1. The third-order valence-electron chi connectivity index (χ3n) is 5.47. The van der Waals surface area contributed by atoms with E-state index >= 15 is 0 Å². The van der Waals surface area contributed by atoms with Gasteiger partial charge in [-0.25, -0.2) is 9.67 Å². The molecule has 5 rings (SSSR count). The topological polar surface area (TPSA) is 89.9 Å². The van der Waals surface area contributed by atoms with Gasteiger partial charge in [-0.3, -0.25) is 4.79 Å². The third kappa shape index (κ3) is 4.37. The van der Waals surface area contributed by atoms with E-state index in [9.17, 15) is 4.79 Å². The molecule has 0 spiro atoms. The van der Waals surface area contributed by atoms with Crippen LogP contribution in [0.5, 0.6) is 0 Å². The zero-order valence-corrected chi connectivity index (χ0v) is 17.0. The number of aryl methyl sites for hydroxylation is 2. The zero-order valence-electron chi connectivity index (χ0n) is 17.0. The van der Waals surface area contributed by atoms with Crippen LogP contribution in [0.3, 0.4) is 0 Å². The lowest BCUT2D eigenvalue weighted by atomic mass is 10.1. The van der Waals surface area contributed by atoms with Crippen LogP contribution in [0.2, 0.25) is 0 Å². The van der Waals surface area contributed by atoms with Crippen molar-refractivity contribution in [3.8, 4) is 0 Å². The van der Waals surface area contributed by atoms with E-state index in [1.54, 1.807) is 11.0 Å². The second-order valence-corrected chi connectivity index (χ2v) is 7.64. The highest BCUT2D eigenvalue weighted by molar-refractivity contribution is 5.94. The maximum Gasteiger partial charge on any atom is 0.254 e. The van der Waals surface area contributed by atoms with Crippen LogP contribution < -0.4 is 0 Å². The quantitative estimate of drug-likeness (QED) is 0.482. The summed E-state index contributed by atoms with van der Waals surface area (Å²) in [4.78, 5) is 19.5. The van der Waals surface area contributed by atoms with Gasteiger partial charge in [0.2, 0.25) is 0 Å². The molecule has 1 amide bonds. The minimum atomic E-state index is 0.00783. The van der Waals surface area contributed by atoms with Crippen molar-refractivity contribution >= 4 is 5.91 Å². The van der Waals surface area contributed by atoms with Crippen LogP contribution in [0.4, 0.5) is 0 Å². The summed E-state index contributed by atoms with van der Waals surface area (Å²) in [7, 11) is 0. The van der Waals surface area contributed by atoms with Gasteiger partial charge in [-0.2, -0.15) is 0 Å². The van der Waals surface area contributed by atoms with Gasteiger partial charge in [-0.1, -0.05) is 42.5 Å². The maximum atomic E-state index is 13.0. The minimum Gasteiger partial charge on any atom is -0.445 e. The molecule has 0 radical (unpaired) electrons. The normalized spacial score (nSPS) is 13.2. The second kappa shape index (κ2) is 8.51. The fraction of sp³-hybridized carbons (Fsp3) is 0.261. The molecule has 4 aromatic rings. The van der Waals surface area contributed by atoms with Crippen molar-refractivity contribution in [2.45, 2.75) is 32.4 Å². The Morgan fingerprint density at radius 2 is 1.84 bits per heavy atom. The summed E-state index contributed by atoms with van der Waals surface area (Å²) < 4.78 is 7.60. The number of nitrogens with zero attached hydrogens (tertiary/aromatic N) is 6. The monoisotopic (exact) mass is 414 g/mol. The van der Waals surface area contributed by atoms with Crippen molar-refractivity contribution in [2.75, 3.05) is 6.54 Å². The number of fused-ring (bicyclic) bond motifs is 1. The average Bonchev–Trinajstić information content (AvgIpc) is 3.47. The van der Waals surface area contributed by atoms with Gasteiger partial charge in [0.15, 0.2) is 5.89 Å². The van der Waals surface area contributed by atoms with Gasteiger partial charge in [0, 0.05) is 24.9 Å². The number of tetrazole rings is 1. The fourth-order valence-corrected chi connectivity index (χ4v) is 3.80. The highest BCUT2D eigenvalue weighted by Crippen LogP contribution is 2.22. The van der Waals surface area contributed by atoms with Crippen LogP contribution in [-0.4, -0.2) is 42.5 Å². The average molecular weight is 414 g/mol.